The van der Waals surface area contributed by atoms with Crippen molar-refractivity contribution in [2.45, 2.75) is 84.0 Å². The van der Waals surface area contributed by atoms with Gasteiger partial charge in [0, 0.05) is 23.9 Å². The van der Waals surface area contributed by atoms with Gasteiger partial charge in [-0.15, -0.1) is 0 Å². The zero-order valence-electron chi connectivity index (χ0n) is 19.9. The largest absolute Gasteiger partial charge is 0.294 e. The normalized spacial score (nSPS) is 18.0. The predicted molar refractivity (Wildman–Crippen MR) is 134 cm³/mol. The van der Waals surface area contributed by atoms with Gasteiger partial charge in [0.15, 0.2) is 5.78 Å². The van der Waals surface area contributed by atoms with Gasteiger partial charge in [-0.05, 0) is 48.6 Å². The molecule has 6 rings (SSSR count). The summed E-state index contributed by atoms with van der Waals surface area (Å²) in [5.41, 5.74) is 7.48. The van der Waals surface area contributed by atoms with Crippen LogP contribution in [0.1, 0.15) is 104 Å². The van der Waals surface area contributed by atoms with Crippen LogP contribution in [0.4, 0.5) is 0 Å². The summed E-state index contributed by atoms with van der Waals surface area (Å²) in [5.74, 6) is 0.879. The first-order valence-electron chi connectivity index (χ1n) is 12.9. The molecule has 3 aliphatic carbocycles. The highest BCUT2D eigenvalue weighted by atomic mass is 16.1. The minimum Gasteiger partial charge on any atom is -0.294 e. The van der Waals surface area contributed by atoms with Crippen LogP contribution in [0.15, 0.2) is 42.7 Å². The van der Waals surface area contributed by atoms with E-state index in [4.69, 9.17) is 4.98 Å². The van der Waals surface area contributed by atoms with Crippen LogP contribution in [0, 0.1) is 5.92 Å². The van der Waals surface area contributed by atoms with Crippen molar-refractivity contribution in [1.29, 1.82) is 0 Å². The van der Waals surface area contributed by atoms with E-state index in [2.05, 4.69) is 35.4 Å². The Kier molecular flexibility index (Phi) is 6.70. The topological polar surface area (TPSA) is 47.3 Å². The van der Waals surface area contributed by atoms with E-state index in [0.717, 1.165) is 29.8 Å². The lowest BCUT2D eigenvalue weighted by Crippen LogP contribution is -2.14. The molecular weight excluding hydrogens is 406 g/mol. The van der Waals surface area contributed by atoms with E-state index >= 15 is 0 Å². The molecular formula is C29H35N3O. The zero-order chi connectivity index (χ0) is 22.6. The van der Waals surface area contributed by atoms with Gasteiger partial charge in [0.1, 0.15) is 0 Å². The molecule has 2 fully saturated rings. The molecule has 0 unspecified atom stereocenters. The van der Waals surface area contributed by atoms with Gasteiger partial charge in [-0.2, -0.15) is 5.10 Å². The van der Waals surface area contributed by atoms with Crippen LogP contribution < -0.4 is 0 Å². The Morgan fingerprint density at radius 3 is 2.36 bits per heavy atom. The Balaban J connectivity index is 0.000000281. The van der Waals surface area contributed by atoms with Crippen molar-refractivity contribution in [2.75, 3.05) is 0 Å². The molecule has 4 nitrogen and oxygen atoms in total. The van der Waals surface area contributed by atoms with E-state index < -0.39 is 0 Å². The van der Waals surface area contributed by atoms with Crippen LogP contribution in [-0.4, -0.2) is 20.4 Å². The van der Waals surface area contributed by atoms with Gasteiger partial charge in [0.2, 0.25) is 0 Å². The van der Waals surface area contributed by atoms with E-state index in [1.165, 1.54) is 86.7 Å². The van der Waals surface area contributed by atoms with Gasteiger partial charge in [0.05, 0.1) is 23.0 Å². The fourth-order valence-electron chi connectivity index (χ4n) is 5.29. The van der Waals surface area contributed by atoms with Gasteiger partial charge in [0.25, 0.3) is 0 Å². The molecule has 0 N–H and O–H groups in total. The van der Waals surface area contributed by atoms with Crippen molar-refractivity contribution in [2.24, 2.45) is 5.92 Å². The van der Waals surface area contributed by atoms with Crippen molar-refractivity contribution in [3.05, 3.63) is 70.8 Å². The Labute approximate surface area is 197 Å². The average Bonchev–Trinajstić information content (AvgIpc) is 3.29. The number of allylic oxidation sites excluding steroid dienone is 1. The highest BCUT2D eigenvalue weighted by molar-refractivity contribution is 6.01. The molecule has 3 aromatic rings. The van der Waals surface area contributed by atoms with Gasteiger partial charge < -0.3 is 0 Å². The van der Waals surface area contributed by atoms with Crippen molar-refractivity contribution in [3.8, 4) is 0 Å². The van der Waals surface area contributed by atoms with E-state index in [-0.39, 0.29) is 5.78 Å². The lowest BCUT2D eigenvalue weighted by molar-refractivity contribution is 0.101. The summed E-state index contributed by atoms with van der Waals surface area (Å²) in [7, 11) is 0. The molecule has 0 aliphatic heterocycles. The molecule has 0 saturated heterocycles. The number of carbonyl (C=O) groups is 1. The van der Waals surface area contributed by atoms with Gasteiger partial charge >= 0.3 is 0 Å². The van der Waals surface area contributed by atoms with E-state index in [1.54, 1.807) is 17.6 Å². The fourth-order valence-corrected chi connectivity index (χ4v) is 5.29. The summed E-state index contributed by atoms with van der Waals surface area (Å²) in [6, 6.07) is 8.54. The van der Waals surface area contributed by atoms with Crippen molar-refractivity contribution in [1.82, 2.24) is 14.6 Å². The molecule has 0 radical (unpaired) electrons. The summed E-state index contributed by atoms with van der Waals surface area (Å²) in [6.07, 6.45) is 22.4. The number of aromatic nitrogens is 3. The number of fused-ring (bicyclic) bond motifs is 2. The van der Waals surface area contributed by atoms with E-state index in [9.17, 15) is 4.79 Å². The lowest BCUT2D eigenvalue weighted by atomic mass is 9.82. The van der Waals surface area contributed by atoms with Crippen molar-refractivity contribution < 1.29 is 4.79 Å². The maximum Gasteiger partial charge on any atom is 0.163 e. The Morgan fingerprint density at radius 1 is 1.00 bits per heavy atom. The minimum absolute atomic E-state index is 0.0419. The summed E-state index contributed by atoms with van der Waals surface area (Å²) in [6.45, 7) is 1.58. The molecule has 0 spiro atoms. The molecule has 33 heavy (non-hydrogen) atoms. The second-order valence-electron chi connectivity index (χ2n) is 9.95. The number of rotatable bonds is 4. The monoisotopic (exact) mass is 441 g/mol. The number of Topliss-reactive ketones (excluding diaryl/α,β-unsaturated/α-hetero) is 1. The number of nitrogens with zero attached hydrogens (tertiary/aromatic N) is 3. The molecule has 3 heterocycles. The second-order valence-corrected chi connectivity index (χ2v) is 9.95. The predicted octanol–water partition coefficient (Wildman–Crippen LogP) is 6.99. The molecule has 0 bridgehead atoms. The quantitative estimate of drug-likeness (QED) is 0.324. The molecule has 3 aromatic heterocycles. The Morgan fingerprint density at radius 2 is 1.73 bits per heavy atom. The fraction of sp³-hybridized carbons (Fsp3) is 0.483. The van der Waals surface area contributed by atoms with Crippen LogP contribution in [-0.2, 0) is 12.8 Å². The molecule has 2 saturated carbocycles. The Hall–Kier alpha value is -2.75. The van der Waals surface area contributed by atoms with Gasteiger partial charge in [-0.1, -0.05) is 76.4 Å². The van der Waals surface area contributed by atoms with Crippen LogP contribution in [0.2, 0.25) is 0 Å². The first-order valence-corrected chi connectivity index (χ1v) is 12.9. The molecule has 0 amide bonds. The first kappa shape index (κ1) is 22.1. The molecule has 0 atom stereocenters. The van der Waals surface area contributed by atoms with Gasteiger partial charge in [-0.25, -0.2) is 4.52 Å². The maximum atomic E-state index is 11.8. The van der Waals surface area contributed by atoms with Crippen LogP contribution in [0.3, 0.4) is 0 Å². The smallest absolute Gasteiger partial charge is 0.163 e. The highest BCUT2D eigenvalue weighted by Gasteiger charge is 2.22. The third-order valence-electron chi connectivity index (χ3n) is 7.51. The van der Waals surface area contributed by atoms with Crippen molar-refractivity contribution in [3.63, 3.8) is 0 Å². The second kappa shape index (κ2) is 10.0. The first-order chi connectivity index (χ1) is 16.2. The highest BCUT2D eigenvalue weighted by Crippen LogP contribution is 2.34. The summed E-state index contributed by atoms with van der Waals surface area (Å²) >= 11 is 0. The third kappa shape index (κ3) is 4.95. The molecule has 172 valence electrons. The maximum absolute atomic E-state index is 11.8. The van der Waals surface area contributed by atoms with Crippen LogP contribution >= 0.6 is 0 Å². The standard InChI is InChI=1S/C22H21N3O.C7H14/c1-14(26)20-13-23-25-10-9-16(12-22(20)25)18-7-8-21-19(18)6-5-17(24-21)11-15-3-2-4-15;1-2-4-6-7-5-3-1/h5-7,9-10,12-13,15H,2-4,8,11H2,1H3;1-7H2. The zero-order valence-corrected chi connectivity index (χ0v) is 19.9. The molecule has 0 aromatic carbocycles. The number of hydrogen-bond donors (Lipinski definition) is 0. The van der Waals surface area contributed by atoms with Gasteiger partial charge in [-0.3, -0.25) is 9.78 Å². The lowest BCUT2D eigenvalue weighted by Gasteiger charge is -2.25. The average molecular weight is 442 g/mol. The molecule has 4 heteroatoms. The van der Waals surface area contributed by atoms with Crippen molar-refractivity contribution >= 4 is 16.9 Å². The summed E-state index contributed by atoms with van der Waals surface area (Å²) in [4.78, 5) is 16.8. The van der Waals surface area contributed by atoms with Crippen LogP contribution in [0.25, 0.3) is 11.1 Å². The number of hydrogen-bond acceptors (Lipinski definition) is 3. The van der Waals surface area contributed by atoms with E-state index in [1.807, 2.05) is 6.20 Å². The minimum atomic E-state index is 0.0419. The van der Waals surface area contributed by atoms with E-state index in [0.29, 0.717) is 5.56 Å². The summed E-state index contributed by atoms with van der Waals surface area (Å²) in [5, 5.41) is 4.27. The number of carbonyl (C=O) groups excluding carboxylic acids is 1. The number of ketones is 1. The van der Waals surface area contributed by atoms with Crippen LogP contribution in [0.5, 0.6) is 0 Å². The number of pyridine rings is 2. The third-order valence-corrected chi connectivity index (χ3v) is 7.51. The summed E-state index contributed by atoms with van der Waals surface area (Å²) < 4.78 is 1.76. The molecule has 3 aliphatic rings. The Bertz CT molecular complexity index is 1150. The SMILES string of the molecule is C1CCCCCC1.CC(=O)c1cnn2ccc(C3=CCc4nc(CC5CCC5)ccc43)cc12.